The number of nitrogens with one attached hydrogen (secondary N) is 1. The summed E-state index contributed by atoms with van der Waals surface area (Å²) in [6.07, 6.45) is 3.59. The molecule has 0 saturated carbocycles. The Morgan fingerprint density at radius 1 is 1.16 bits per heavy atom. The molecule has 1 aromatic carbocycles. The number of benzene rings is 1. The lowest BCUT2D eigenvalue weighted by molar-refractivity contribution is -0.134. The summed E-state index contributed by atoms with van der Waals surface area (Å²) < 4.78 is 22.5. The van der Waals surface area contributed by atoms with E-state index in [0.717, 1.165) is 24.8 Å². The first-order valence-electron chi connectivity index (χ1n) is 8.38. The number of hydrogen-bond donors (Lipinski definition) is 2. The molecule has 0 fully saturated rings. The van der Waals surface area contributed by atoms with E-state index in [1.807, 2.05) is 0 Å². The Bertz CT molecular complexity index is 672. The third kappa shape index (κ3) is 8.13. The first kappa shape index (κ1) is 21.1. The molecule has 3 N–H and O–H groups in total. The monoisotopic (exact) mass is 369 g/mol. The molecule has 0 aliphatic carbocycles. The van der Waals surface area contributed by atoms with E-state index in [1.165, 1.54) is 24.0 Å². The predicted molar refractivity (Wildman–Crippen MR) is 96.3 cm³/mol. The van der Waals surface area contributed by atoms with Crippen LogP contribution in [0.1, 0.15) is 38.7 Å². The molecule has 0 saturated heterocycles. The number of nitrogens with two attached hydrogens (primary N) is 1. The van der Waals surface area contributed by atoms with Gasteiger partial charge in [0.05, 0.1) is 11.4 Å². The van der Waals surface area contributed by atoms with Crippen molar-refractivity contribution < 1.29 is 18.0 Å². The molecule has 1 aromatic rings. The van der Waals surface area contributed by atoms with Crippen LogP contribution in [-0.4, -0.2) is 44.8 Å². The van der Waals surface area contributed by atoms with Crippen molar-refractivity contribution in [2.24, 2.45) is 5.14 Å². The molecule has 1 rings (SSSR count). The van der Waals surface area contributed by atoms with Gasteiger partial charge in [-0.3, -0.25) is 9.59 Å². The van der Waals surface area contributed by atoms with Crippen molar-refractivity contribution in [1.82, 2.24) is 10.2 Å². The molecule has 0 aromatic heterocycles. The van der Waals surface area contributed by atoms with Crippen LogP contribution in [0.5, 0.6) is 0 Å². The normalized spacial score (nSPS) is 11.2. The second-order valence-corrected chi connectivity index (χ2v) is 7.50. The van der Waals surface area contributed by atoms with Crippen molar-refractivity contribution in [3.63, 3.8) is 0 Å². The third-order valence-electron chi connectivity index (χ3n) is 3.80. The smallest absolute Gasteiger partial charge is 0.239 e. The zero-order chi connectivity index (χ0) is 18.9. The first-order chi connectivity index (χ1) is 11.7. The van der Waals surface area contributed by atoms with Gasteiger partial charge in [0.1, 0.15) is 0 Å². The Morgan fingerprint density at radius 3 is 2.32 bits per heavy atom. The molecule has 8 heteroatoms. The van der Waals surface area contributed by atoms with Gasteiger partial charge in [-0.15, -0.1) is 0 Å². The summed E-state index contributed by atoms with van der Waals surface area (Å²) in [4.78, 5) is 25.1. The molecule has 0 unspecified atom stereocenters. The van der Waals surface area contributed by atoms with Gasteiger partial charge < -0.3 is 10.2 Å². The molecule has 2 amide bonds. The Morgan fingerprint density at radius 2 is 1.80 bits per heavy atom. The summed E-state index contributed by atoms with van der Waals surface area (Å²) in [5.74, 6) is -0.347. The largest absolute Gasteiger partial charge is 0.355 e. The maximum atomic E-state index is 11.9. The van der Waals surface area contributed by atoms with E-state index in [4.69, 9.17) is 5.14 Å². The summed E-state index contributed by atoms with van der Waals surface area (Å²) in [6, 6.07) is 6.18. The van der Waals surface area contributed by atoms with Crippen LogP contribution in [0.2, 0.25) is 0 Å². The highest BCUT2D eigenvalue weighted by Gasteiger charge is 2.13. The second-order valence-electron chi connectivity index (χ2n) is 5.94. The van der Waals surface area contributed by atoms with Gasteiger partial charge in [0.15, 0.2) is 0 Å². The van der Waals surface area contributed by atoms with Gasteiger partial charge in [0.2, 0.25) is 21.8 Å². The van der Waals surface area contributed by atoms with Crippen LogP contribution < -0.4 is 10.5 Å². The zero-order valence-electron chi connectivity index (χ0n) is 14.8. The number of hydrogen-bond acceptors (Lipinski definition) is 4. The molecule has 140 valence electrons. The number of unbranched alkanes of at least 4 members (excludes halogenated alkanes) is 2. The highest BCUT2D eigenvalue weighted by Crippen LogP contribution is 2.09. The SMILES string of the molecule is CCCCCNC(=O)CN(CCc1ccc(S(N)(=O)=O)cc1)C(C)=O. The Balaban J connectivity index is 2.52. The van der Waals surface area contributed by atoms with Crippen molar-refractivity contribution in [1.29, 1.82) is 0 Å². The van der Waals surface area contributed by atoms with E-state index in [0.29, 0.717) is 19.5 Å². The molecule has 0 aliphatic heterocycles. The molecule has 0 atom stereocenters. The fourth-order valence-electron chi connectivity index (χ4n) is 2.29. The average molecular weight is 369 g/mol. The molecule has 0 heterocycles. The molecule has 0 radical (unpaired) electrons. The van der Waals surface area contributed by atoms with Gasteiger partial charge in [-0.2, -0.15) is 0 Å². The van der Waals surface area contributed by atoms with Crippen molar-refractivity contribution >= 4 is 21.8 Å². The Labute approximate surface area is 149 Å². The van der Waals surface area contributed by atoms with Crippen molar-refractivity contribution in [2.75, 3.05) is 19.6 Å². The van der Waals surface area contributed by atoms with Crippen LogP contribution in [0.4, 0.5) is 0 Å². The van der Waals surface area contributed by atoms with Crippen molar-refractivity contribution in [3.8, 4) is 0 Å². The maximum Gasteiger partial charge on any atom is 0.239 e. The molecule has 25 heavy (non-hydrogen) atoms. The van der Waals surface area contributed by atoms with E-state index in [2.05, 4.69) is 12.2 Å². The predicted octanol–water partition coefficient (Wildman–Crippen LogP) is 1.03. The molecule has 0 spiro atoms. The standard InChI is InChI=1S/C17H27N3O4S/c1-3-4-5-11-19-17(22)13-20(14(2)21)12-10-15-6-8-16(9-7-15)25(18,23)24/h6-9H,3-5,10-13H2,1-2H3,(H,19,22)(H2,18,23,24). The summed E-state index contributed by atoms with van der Waals surface area (Å²) >= 11 is 0. The number of carbonyl (C=O) groups excluding carboxylic acids is 2. The molecule has 0 aliphatic rings. The molecule has 7 nitrogen and oxygen atoms in total. The fourth-order valence-corrected chi connectivity index (χ4v) is 2.81. The minimum Gasteiger partial charge on any atom is -0.355 e. The number of rotatable bonds is 10. The van der Waals surface area contributed by atoms with Gasteiger partial charge in [0.25, 0.3) is 0 Å². The fraction of sp³-hybridized carbons (Fsp3) is 0.529. The molecular formula is C17H27N3O4S. The lowest BCUT2D eigenvalue weighted by atomic mass is 10.1. The van der Waals surface area contributed by atoms with Gasteiger partial charge in [-0.1, -0.05) is 31.9 Å². The summed E-state index contributed by atoms with van der Waals surface area (Å²) in [5, 5.41) is 7.87. The summed E-state index contributed by atoms with van der Waals surface area (Å²) in [7, 11) is -3.71. The lowest BCUT2D eigenvalue weighted by Crippen LogP contribution is -2.41. The van der Waals surface area contributed by atoms with Crippen molar-refractivity contribution in [2.45, 2.75) is 44.4 Å². The minimum absolute atomic E-state index is 0.0245. The Hall–Kier alpha value is -1.93. The number of amides is 2. The van der Waals surface area contributed by atoms with Crippen LogP contribution in [0.15, 0.2) is 29.2 Å². The minimum atomic E-state index is -3.71. The van der Waals surface area contributed by atoms with Crippen LogP contribution in [-0.2, 0) is 26.0 Å². The van der Waals surface area contributed by atoms with E-state index in [-0.39, 0.29) is 23.3 Å². The van der Waals surface area contributed by atoms with E-state index in [9.17, 15) is 18.0 Å². The zero-order valence-corrected chi connectivity index (χ0v) is 15.6. The van der Waals surface area contributed by atoms with Crippen LogP contribution in [0.3, 0.4) is 0 Å². The highest BCUT2D eigenvalue weighted by atomic mass is 32.2. The van der Waals surface area contributed by atoms with Crippen molar-refractivity contribution in [3.05, 3.63) is 29.8 Å². The van der Waals surface area contributed by atoms with Crippen LogP contribution in [0, 0.1) is 0 Å². The topological polar surface area (TPSA) is 110 Å². The third-order valence-corrected chi connectivity index (χ3v) is 4.73. The van der Waals surface area contributed by atoms with E-state index < -0.39 is 10.0 Å². The average Bonchev–Trinajstić information content (AvgIpc) is 2.54. The number of carbonyl (C=O) groups is 2. The number of primary sulfonamides is 1. The molecular weight excluding hydrogens is 342 g/mol. The second kappa shape index (κ2) is 10.1. The lowest BCUT2D eigenvalue weighted by Gasteiger charge is -2.20. The summed E-state index contributed by atoms with van der Waals surface area (Å²) in [5.41, 5.74) is 0.863. The number of nitrogens with zero attached hydrogens (tertiary/aromatic N) is 1. The van der Waals surface area contributed by atoms with Gasteiger partial charge in [-0.25, -0.2) is 13.6 Å². The van der Waals surface area contributed by atoms with Crippen LogP contribution >= 0.6 is 0 Å². The van der Waals surface area contributed by atoms with Gasteiger partial charge in [0, 0.05) is 20.0 Å². The van der Waals surface area contributed by atoms with Gasteiger partial charge in [-0.05, 0) is 30.5 Å². The molecule has 0 bridgehead atoms. The van der Waals surface area contributed by atoms with Crippen LogP contribution in [0.25, 0.3) is 0 Å². The first-order valence-corrected chi connectivity index (χ1v) is 9.92. The highest BCUT2D eigenvalue weighted by molar-refractivity contribution is 7.89. The maximum absolute atomic E-state index is 11.9. The van der Waals surface area contributed by atoms with E-state index in [1.54, 1.807) is 12.1 Å². The number of sulfonamides is 1. The van der Waals surface area contributed by atoms with Gasteiger partial charge >= 0.3 is 0 Å². The van der Waals surface area contributed by atoms with E-state index >= 15 is 0 Å². The Kier molecular flexibility index (Phi) is 8.57. The quantitative estimate of drug-likeness (QED) is 0.600. The summed E-state index contributed by atoms with van der Waals surface area (Å²) in [6.45, 7) is 4.54.